The molecule has 1 aromatic heterocycles. The minimum absolute atomic E-state index is 0.0641. The number of para-hydroxylation sites is 1. The summed E-state index contributed by atoms with van der Waals surface area (Å²) in [5.74, 6) is 2.27. The zero-order valence-electron chi connectivity index (χ0n) is 12.9. The first-order valence-corrected chi connectivity index (χ1v) is 7.55. The highest BCUT2D eigenvalue weighted by Crippen LogP contribution is 2.22. The summed E-state index contributed by atoms with van der Waals surface area (Å²) in [7, 11) is 0. The van der Waals surface area contributed by atoms with Crippen LogP contribution in [0.5, 0.6) is 17.4 Å². The SMILES string of the molecule is CC([CH]c1ccc(Oc2ccccc2)cc1)Oc1ccccn1. The maximum atomic E-state index is 5.78. The minimum atomic E-state index is -0.0641. The van der Waals surface area contributed by atoms with Gasteiger partial charge in [0.25, 0.3) is 0 Å². The fourth-order valence-electron chi connectivity index (χ4n) is 2.18. The molecule has 0 aliphatic carbocycles. The molecular weight excluding hydrogens is 286 g/mol. The predicted octanol–water partition coefficient (Wildman–Crippen LogP) is 4.89. The topological polar surface area (TPSA) is 31.4 Å². The summed E-state index contributed by atoms with van der Waals surface area (Å²) >= 11 is 0. The van der Waals surface area contributed by atoms with Crippen LogP contribution in [0.15, 0.2) is 79.0 Å². The van der Waals surface area contributed by atoms with E-state index in [-0.39, 0.29) is 6.10 Å². The van der Waals surface area contributed by atoms with Gasteiger partial charge >= 0.3 is 0 Å². The van der Waals surface area contributed by atoms with Gasteiger partial charge in [-0.3, -0.25) is 0 Å². The summed E-state index contributed by atoms with van der Waals surface area (Å²) < 4.78 is 11.5. The molecule has 1 atom stereocenters. The molecule has 0 amide bonds. The summed E-state index contributed by atoms with van der Waals surface area (Å²) in [5, 5.41) is 0. The third-order valence-corrected chi connectivity index (χ3v) is 3.23. The van der Waals surface area contributed by atoms with E-state index in [0.29, 0.717) is 5.88 Å². The normalized spacial score (nSPS) is 11.7. The van der Waals surface area contributed by atoms with Crippen LogP contribution in [0.25, 0.3) is 0 Å². The molecule has 3 rings (SSSR count). The number of hydrogen-bond donors (Lipinski definition) is 0. The largest absolute Gasteiger partial charge is 0.474 e. The van der Waals surface area contributed by atoms with E-state index >= 15 is 0 Å². The molecule has 1 radical (unpaired) electrons. The number of hydrogen-bond acceptors (Lipinski definition) is 3. The van der Waals surface area contributed by atoms with Crippen LogP contribution in [0.4, 0.5) is 0 Å². The Balaban J connectivity index is 1.57. The number of pyridine rings is 1. The Morgan fingerprint density at radius 1 is 0.826 bits per heavy atom. The molecule has 0 spiro atoms. The van der Waals surface area contributed by atoms with Crippen LogP contribution < -0.4 is 9.47 Å². The van der Waals surface area contributed by atoms with Crippen molar-refractivity contribution in [2.75, 3.05) is 0 Å². The average molecular weight is 304 g/mol. The molecule has 0 fully saturated rings. The van der Waals surface area contributed by atoms with Gasteiger partial charge in [0.05, 0.1) is 0 Å². The lowest BCUT2D eigenvalue weighted by Gasteiger charge is -2.13. The first-order chi connectivity index (χ1) is 11.3. The second-order valence-corrected chi connectivity index (χ2v) is 5.14. The van der Waals surface area contributed by atoms with Crippen molar-refractivity contribution in [3.63, 3.8) is 0 Å². The molecule has 1 unspecified atom stereocenters. The molecule has 0 bridgehead atoms. The van der Waals surface area contributed by atoms with Crippen molar-refractivity contribution in [2.24, 2.45) is 0 Å². The van der Waals surface area contributed by atoms with Crippen LogP contribution in [0.1, 0.15) is 12.5 Å². The molecule has 3 aromatic rings. The van der Waals surface area contributed by atoms with E-state index < -0.39 is 0 Å². The smallest absolute Gasteiger partial charge is 0.213 e. The van der Waals surface area contributed by atoms with Gasteiger partial charge in [0.15, 0.2) is 0 Å². The summed E-state index contributed by atoms with van der Waals surface area (Å²) in [4.78, 5) is 4.16. The second kappa shape index (κ2) is 7.45. The van der Waals surface area contributed by atoms with Gasteiger partial charge in [-0.25, -0.2) is 4.98 Å². The van der Waals surface area contributed by atoms with Crippen molar-refractivity contribution in [1.82, 2.24) is 4.98 Å². The Morgan fingerprint density at radius 3 is 2.22 bits per heavy atom. The molecule has 0 aliphatic rings. The maximum absolute atomic E-state index is 5.78. The molecule has 2 aromatic carbocycles. The lowest BCUT2D eigenvalue weighted by atomic mass is 10.1. The minimum Gasteiger partial charge on any atom is -0.474 e. The van der Waals surface area contributed by atoms with Crippen LogP contribution in [0.2, 0.25) is 0 Å². The first kappa shape index (κ1) is 15.1. The number of ether oxygens (including phenoxy) is 2. The molecule has 0 aliphatic heterocycles. The van der Waals surface area contributed by atoms with Crippen molar-refractivity contribution in [3.8, 4) is 17.4 Å². The highest BCUT2D eigenvalue weighted by molar-refractivity contribution is 5.35. The Kier molecular flexibility index (Phi) is 4.89. The molecule has 3 nitrogen and oxygen atoms in total. The lowest BCUT2D eigenvalue weighted by Crippen LogP contribution is -2.13. The molecule has 3 heteroatoms. The van der Waals surface area contributed by atoms with Gasteiger partial charge in [-0.05, 0) is 42.8 Å². The zero-order valence-corrected chi connectivity index (χ0v) is 12.9. The lowest BCUT2D eigenvalue weighted by molar-refractivity contribution is 0.247. The fraction of sp³-hybridized carbons (Fsp3) is 0.100. The molecule has 1 heterocycles. The third-order valence-electron chi connectivity index (χ3n) is 3.23. The highest BCUT2D eigenvalue weighted by Gasteiger charge is 2.07. The van der Waals surface area contributed by atoms with Crippen molar-refractivity contribution >= 4 is 0 Å². The van der Waals surface area contributed by atoms with E-state index in [0.717, 1.165) is 17.1 Å². The van der Waals surface area contributed by atoms with Crippen molar-refractivity contribution in [1.29, 1.82) is 0 Å². The summed E-state index contributed by atoms with van der Waals surface area (Å²) in [5.41, 5.74) is 1.08. The number of aromatic nitrogens is 1. The van der Waals surface area contributed by atoms with Crippen LogP contribution in [0.3, 0.4) is 0 Å². The number of benzene rings is 2. The maximum Gasteiger partial charge on any atom is 0.213 e. The average Bonchev–Trinajstić information content (AvgIpc) is 2.58. The van der Waals surface area contributed by atoms with Gasteiger partial charge in [0, 0.05) is 18.7 Å². The van der Waals surface area contributed by atoms with Gasteiger partial charge in [0.2, 0.25) is 5.88 Å². The first-order valence-electron chi connectivity index (χ1n) is 7.55. The quantitative estimate of drug-likeness (QED) is 0.649. The van der Waals surface area contributed by atoms with E-state index in [4.69, 9.17) is 9.47 Å². The third kappa shape index (κ3) is 4.58. The van der Waals surface area contributed by atoms with Crippen molar-refractivity contribution in [3.05, 3.63) is 91.0 Å². The van der Waals surface area contributed by atoms with Crippen LogP contribution in [0, 0.1) is 6.42 Å². The van der Waals surface area contributed by atoms with E-state index in [2.05, 4.69) is 4.98 Å². The standard InChI is InChI=1S/C20H18NO2/c1-16(22-20-9-5-6-14-21-20)15-17-10-12-19(13-11-17)23-18-7-3-2-4-8-18/h2-16H,1H3. The van der Waals surface area contributed by atoms with Gasteiger partial charge < -0.3 is 9.47 Å². The summed E-state index contributed by atoms with van der Waals surface area (Å²) in [6.45, 7) is 1.99. The Morgan fingerprint density at radius 2 is 1.52 bits per heavy atom. The highest BCUT2D eigenvalue weighted by atomic mass is 16.5. The number of nitrogens with zero attached hydrogens (tertiary/aromatic N) is 1. The van der Waals surface area contributed by atoms with E-state index in [1.165, 1.54) is 0 Å². The Labute approximate surface area is 136 Å². The van der Waals surface area contributed by atoms with E-state index in [9.17, 15) is 0 Å². The van der Waals surface area contributed by atoms with Crippen LogP contribution >= 0.6 is 0 Å². The van der Waals surface area contributed by atoms with Crippen LogP contribution in [-0.2, 0) is 0 Å². The summed E-state index contributed by atoms with van der Waals surface area (Å²) in [6.07, 6.45) is 3.70. The molecule has 115 valence electrons. The predicted molar refractivity (Wildman–Crippen MR) is 90.7 cm³/mol. The molecule has 0 N–H and O–H groups in total. The molecule has 0 saturated carbocycles. The van der Waals surface area contributed by atoms with Crippen LogP contribution in [-0.4, -0.2) is 11.1 Å². The van der Waals surface area contributed by atoms with E-state index in [1.807, 2.05) is 86.1 Å². The van der Waals surface area contributed by atoms with Gasteiger partial charge in [-0.15, -0.1) is 0 Å². The van der Waals surface area contributed by atoms with Gasteiger partial charge in [0.1, 0.15) is 17.6 Å². The van der Waals surface area contributed by atoms with Crippen molar-refractivity contribution < 1.29 is 9.47 Å². The monoisotopic (exact) mass is 304 g/mol. The van der Waals surface area contributed by atoms with Gasteiger partial charge in [-0.2, -0.15) is 0 Å². The molecular formula is C20H18NO2. The van der Waals surface area contributed by atoms with Gasteiger partial charge in [-0.1, -0.05) is 36.4 Å². The Hall–Kier alpha value is -2.81. The summed E-state index contributed by atoms with van der Waals surface area (Å²) in [6, 6.07) is 23.3. The molecule has 23 heavy (non-hydrogen) atoms. The second-order valence-electron chi connectivity index (χ2n) is 5.14. The fourth-order valence-corrected chi connectivity index (χ4v) is 2.18. The van der Waals surface area contributed by atoms with Crippen molar-refractivity contribution in [2.45, 2.75) is 13.0 Å². The molecule has 0 saturated heterocycles. The number of rotatable bonds is 6. The van der Waals surface area contributed by atoms with E-state index in [1.54, 1.807) is 6.20 Å². The zero-order chi connectivity index (χ0) is 15.9. The Bertz CT molecular complexity index is 712.